The first-order valence-corrected chi connectivity index (χ1v) is 8.55. The van der Waals surface area contributed by atoms with Crippen LogP contribution in [0, 0.1) is 5.82 Å². The zero-order chi connectivity index (χ0) is 17.0. The molecule has 122 valence electrons. The van der Waals surface area contributed by atoms with Gasteiger partial charge in [-0.3, -0.25) is 10.2 Å². The minimum absolute atomic E-state index is 0.0708. The van der Waals surface area contributed by atoms with Gasteiger partial charge in [0.15, 0.2) is 0 Å². The predicted octanol–water partition coefficient (Wildman–Crippen LogP) is 2.66. The van der Waals surface area contributed by atoms with Crippen LogP contribution in [0.3, 0.4) is 0 Å². The first-order chi connectivity index (χ1) is 10.8. The fourth-order valence-electron chi connectivity index (χ4n) is 1.83. The molecule has 0 aliphatic rings. The van der Waals surface area contributed by atoms with Gasteiger partial charge < -0.3 is 0 Å². The maximum Gasteiger partial charge on any atom is 0.266 e. The van der Waals surface area contributed by atoms with Gasteiger partial charge in [0.25, 0.3) is 15.9 Å². The second kappa shape index (κ2) is 7.08. The third kappa shape index (κ3) is 4.28. The minimum Gasteiger partial charge on any atom is -0.273 e. The standard InChI is InChI=1S/C15H14ClFN2O3S/c1-2-10-3-5-11(6-4-10)15(20)18-19-23(21,22)14-8-7-12(16)9-13(14)17/h3-9,19H,2H2,1H3,(H,18,20). The molecule has 8 heteroatoms. The Labute approximate surface area is 138 Å². The van der Waals surface area contributed by atoms with Gasteiger partial charge in [-0.2, -0.15) is 0 Å². The molecule has 0 spiro atoms. The van der Waals surface area contributed by atoms with Crippen molar-refractivity contribution in [2.24, 2.45) is 0 Å². The van der Waals surface area contributed by atoms with E-state index in [9.17, 15) is 17.6 Å². The lowest BCUT2D eigenvalue weighted by Crippen LogP contribution is -2.41. The maximum absolute atomic E-state index is 13.7. The average molecular weight is 357 g/mol. The van der Waals surface area contributed by atoms with Crippen molar-refractivity contribution >= 4 is 27.5 Å². The molecule has 0 saturated carbocycles. The highest BCUT2D eigenvalue weighted by Gasteiger charge is 2.20. The van der Waals surface area contributed by atoms with Gasteiger partial charge in [-0.15, -0.1) is 4.83 Å². The van der Waals surface area contributed by atoms with Crippen LogP contribution in [0.15, 0.2) is 47.4 Å². The van der Waals surface area contributed by atoms with Crippen LogP contribution in [0.4, 0.5) is 4.39 Å². The molecule has 0 saturated heterocycles. The van der Waals surface area contributed by atoms with E-state index in [-0.39, 0.29) is 10.6 Å². The molecule has 2 aromatic carbocycles. The zero-order valence-corrected chi connectivity index (χ0v) is 13.7. The van der Waals surface area contributed by atoms with Crippen LogP contribution in [0.5, 0.6) is 0 Å². The topological polar surface area (TPSA) is 75.3 Å². The van der Waals surface area contributed by atoms with E-state index < -0.39 is 26.6 Å². The highest BCUT2D eigenvalue weighted by molar-refractivity contribution is 7.89. The van der Waals surface area contributed by atoms with E-state index >= 15 is 0 Å². The average Bonchev–Trinajstić information content (AvgIpc) is 2.52. The molecule has 2 rings (SSSR count). The van der Waals surface area contributed by atoms with Gasteiger partial charge in [-0.05, 0) is 42.3 Å². The van der Waals surface area contributed by atoms with Crippen LogP contribution in [0.1, 0.15) is 22.8 Å². The molecule has 0 aromatic heterocycles. The molecule has 0 aliphatic carbocycles. The van der Waals surface area contributed by atoms with Crippen molar-refractivity contribution < 1.29 is 17.6 Å². The third-order valence-corrected chi connectivity index (χ3v) is 4.62. The fourth-order valence-corrected chi connectivity index (χ4v) is 2.88. The summed E-state index contributed by atoms with van der Waals surface area (Å²) in [4.78, 5) is 13.2. The summed E-state index contributed by atoms with van der Waals surface area (Å²) in [6.07, 6.45) is 0.824. The highest BCUT2D eigenvalue weighted by atomic mass is 35.5. The number of hydrogen-bond donors (Lipinski definition) is 2. The number of carbonyl (C=O) groups excluding carboxylic acids is 1. The van der Waals surface area contributed by atoms with E-state index in [1.165, 1.54) is 6.07 Å². The molecule has 0 radical (unpaired) electrons. The minimum atomic E-state index is -4.24. The van der Waals surface area contributed by atoms with Gasteiger partial charge in [0.05, 0.1) is 0 Å². The number of amides is 1. The Balaban J connectivity index is 2.10. The largest absolute Gasteiger partial charge is 0.273 e. The molecule has 23 heavy (non-hydrogen) atoms. The lowest BCUT2D eigenvalue weighted by molar-refractivity contribution is 0.0945. The van der Waals surface area contributed by atoms with Crippen LogP contribution >= 0.6 is 11.6 Å². The van der Waals surface area contributed by atoms with Crippen molar-refractivity contribution in [2.45, 2.75) is 18.2 Å². The second-order valence-corrected chi connectivity index (χ2v) is 6.77. The van der Waals surface area contributed by atoms with Gasteiger partial charge in [0, 0.05) is 10.6 Å². The Morgan fingerprint density at radius 1 is 1.17 bits per heavy atom. The quantitative estimate of drug-likeness (QED) is 0.809. The van der Waals surface area contributed by atoms with Crippen LogP contribution in [0.2, 0.25) is 5.02 Å². The number of rotatable bonds is 5. The van der Waals surface area contributed by atoms with Gasteiger partial charge in [0.1, 0.15) is 10.7 Å². The number of sulfonamides is 1. The molecule has 0 aliphatic heterocycles. The Bertz CT molecular complexity index is 823. The number of carbonyl (C=O) groups is 1. The molecular weight excluding hydrogens is 343 g/mol. The maximum atomic E-state index is 13.7. The summed E-state index contributed by atoms with van der Waals surface area (Å²) in [5.74, 6) is -1.66. The molecule has 0 fully saturated rings. The molecule has 0 heterocycles. The number of aryl methyl sites for hydroxylation is 1. The van der Waals surface area contributed by atoms with Crippen molar-refractivity contribution in [1.29, 1.82) is 0 Å². The molecule has 0 atom stereocenters. The number of nitrogens with one attached hydrogen (secondary N) is 2. The van der Waals surface area contributed by atoms with Crippen molar-refractivity contribution in [3.05, 3.63) is 64.4 Å². The zero-order valence-electron chi connectivity index (χ0n) is 12.1. The first kappa shape index (κ1) is 17.4. The van der Waals surface area contributed by atoms with E-state index in [1.54, 1.807) is 24.3 Å². The lowest BCUT2D eigenvalue weighted by Gasteiger charge is -2.09. The summed E-state index contributed by atoms with van der Waals surface area (Å²) < 4.78 is 37.6. The fraction of sp³-hybridized carbons (Fsp3) is 0.133. The Kier molecular flexibility index (Phi) is 5.35. The molecular formula is C15H14ClFN2O3S. The van der Waals surface area contributed by atoms with Crippen LogP contribution < -0.4 is 10.3 Å². The molecule has 2 aromatic rings. The van der Waals surface area contributed by atoms with Gasteiger partial charge in [0.2, 0.25) is 0 Å². The monoisotopic (exact) mass is 356 g/mol. The Morgan fingerprint density at radius 2 is 1.83 bits per heavy atom. The van der Waals surface area contributed by atoms with Crippen molar-refractivity contribution in [2.75, 3.05) is 0 Å². The molecule has 2 N–H and O–H groups in total. The van der Waals surface area contributed by atoms with Crippen molar-refractivity contribution in [3.63, 3.8) is 0 Å². The molecule has 0 unspecified atom stereocenters. The van der Waals surface area contributed by atoms with E-state index in [0.717, 1.165) is 24.1 Å². The highest BCUT2D eigenvalue weighted by Crippen LogP contribution is 2.18. The van der Waals surface area contributed by atoms with E-state index in [2.05, 4.69) is 0 Å². The Hall–Kier alpha value is -1.96. The van der Waals surface area contributed by atoms with Crippen LogP contribution in [0.25, 0.3) is 0 Å². The molecule has 1 amide bonds. The number of hydrazine groups is 1. The summed E-state index contributed by atoms with van der Waals surface area (Å²) in [7, 11) is -4.24. The SMILES string of the molecule is CCc1ccc(C(=O)NNS(=O)(=O)c2ccc(Cl)cc2F)cc1. The van der Waals surface area contributed by atoms with E-state index in [4.69, 9.17) is 11.6 Å². The molecule has 0 bridgehead atoms. The summed E-state index contributed by atoms with van der Waals surface area (Å²) in [6, 6.07) is 9.81. The van der Waals surface area contributed by atoms with Crippen LogP contribution in [-0.2, 0) is 16.4 Å². The smallest absolute Gasteiger partial charge is 0.266 e. The van der Waals surface area contributed by atoms with Gasteiger partial charge in [-0.1, -0.05) is 30.7 Å². The Morgan fingerprint density at radius 3 is 2.39 bits per heavy atom. The summed E-state index contributed by atoms with van der Waals surface area (Å²) in [5.41, 5.74) is 3.37. The lowest BCUT2D eigenvalue weighted by atomic mass is 10.1. The third-order valence-electron chi connectivity index (χ3n) is 3.11. The van der Waals surface area contributed by atoms with E-state index in [0.29, 0.717) is 0 Å². The number of hydrogen-bond acceptors (Lipinski definition) is 3. The normalized spacial score (nSPS) is 11.3. The summed E-state index contributed by atoms with van der Waals surface area (Å²) >= 11 is 5.57. The number of halogens is 2. The second-order valence-electron chi connectivity index (χ2n) is 4.68. The number of benzene rings is 2. The summed E-state index contributed by atoms with van der Waals surface area (Å²) in [6.45, 7) is 1.98. The predicted molar refractivity (Wildman–Crippen MR) is 85.0 cm³/mol. The van der Waals surface area contributed by atoms with Crippen LogP contribution in [-0.4, -0.2) is 14.3 Å². The first-order valence-electron chi connectivity index (χ1n) is 6.69. The van der Waals surface area contributed by atoms with Gasteiger partial charge >= 0.3 is 0 Å². The van der Waals surface area contributed by atoms with E-state index in [1.807, 2.05) is 17.2 Å². The van der Waals surface area contributed by atoms with Gasteiger partial charge in [-0.25, -0.2) is 12.8 Å². The van der Waals surface area contributed by atoms with Crippen molar-refractivity contribution in [3.8, 4) is 0 Å². The van der Waals surface area contributed by atoms with Crippen molar-refractivity contribution in [1.82, 2.24) is 10.3 Å². The molecule has 5 nitrogen and oxygen atoms in total. The summed E-state index contributed by atoms with van der Waals surface area (Å²) in [5, 5.41) is 0.0708.